The van der Waals surface area contributed by atoms with E-state index in [1.165, 1.54) is 11.3 Å². The molecular formula is C7H7ClOS. The van der Waals surface area contributed by atoms with E-state index in [-0.39, 0.29) is 5.78 Å². The van der Waals surface area contributed by atoms with Crippen molar-refractivity contribution in [2.75, 3.05) is 0 Å². The van der Waals surface area contributed by atoms with Gasteiger partial charge < -0.3 is 0 Å². The monoisotopic (exact) mass is 174 g/mol. The molecule has 0 aliphatic carbocycles. The molecule has 0 spiro atoms. The molecule has 0 fully saturated rings. The number of halogens is 1. The minimum Gasteiger partial charge on any atom is -0.294 e. The first-order chi connectivity index (χ1) is 4.61. The van der Waals surface area contributed by atoms with Crippen LogP contribution in [0.2, 0.25) is 4.34 Å². The lowest BCUT2D eigenvalue weighted by molar-refractivity contribution is 0.101. The molecule has 1 aromatic heterocycles. The molecule has 0 N–H and O–H groups in total. The van der Waals surface area contributed by atoms with Crippen molar-refractivity contribution in [1.29, 1.82) is 0 Å². The highest BCUT2D eigenvalue weighted by Crippen LogP contribution is 2.25. The summed E-state index contributed by atoms with van der Waals surface area (Å²) in [5.74, 6) is 0.0839. The molecule has 10 heavy (non-hydrogen) atoms. The van der Waals surface area contributed by atoms with E-state index in [0.717, 1.165) is 10.4 Å². The van der Waals surface area contributed by atoms with E-state index in [1.54, 1.807) is 13.0 Å². The van der Waals surface area contributed by atoms with Crippen molar-refractivity contribution < 1.29 is 4.79 Å². The highest BCUT2D eigenvalue weighted by atomic mass is 35.5. The van der Waals surface area contributed by atoms with Gasteiger partial charge in [-0.2, -0.15) is 0 Å². The van der Waals surface area contributed by atoms with Crippen LogP contribution in [0.5, 0.6) is 0 Å². The van der Waals surface area contributed by atoms with Crippen molar-refractivity contribution in [1.82, 2.24) is 0 Å². The second-order valence-corrected chi connectivity index (χ2v) is 3.96. The van der Waals surface area contributed by atoms with E-state index < -0.39 is 0 Å². The van der Waals surface area contributed by atoms with Crippen LogP contribution in [-0.2, 0) is 0 Å². The van der Waals surface area contributed by atoms with E-state index in [9.17, 15) is 4.79 Å². The summed E-state index contributed by atoms with van der Waals surface area (Å²) in [6, 6.07) is 1.71. The smallest absolute Gasteiger partial charge is 0.160 e. The van der Waals surface area contributed by atoms with Crippen molar-refractivity contribution in [3.8, 4) is 0 Å². The Morgan fingerprint density at radius 2 is 2.30 bits per heavy atom. The number of rotatable bonds is 1. The molecule has 1 aromatic rings. The molecule has 0 unspecified atom stereocenters. The summed E-state index contributed by atoms with van der Waals surface area (Å²) < 4.78 is 0.683. The molecule has 0 bridgehead atoms. The Morgan fingerprint density at radius 1 is 1.70 bits per heavy atom. The van der Waals surface area contributed by atoms with Crippen LogP contribution in [0.25, 0.3) is 0 Å². The molecule has 1 heterocycles. The van der Waals surface area contributed by atoms with Gasteiger partial charge in [0.2, 0.25) is 0 Å². The molecule has 3 heteroatoms. The summed E-state index contributed by atoms with van der Waals surface area (Å²) >= 11 is 7.12. The molecule has 0 atom stereocenters. The predicted molar refractivity (Wildman–Crippen MR) is 44.1 cm³/mol. The zero-order valence-corrected chi connectivity index (χ0v) is 7.34. The predicted octanol–water partition coefficient (Wildman–Crippen LogP) is 2.91. The number of hydrogen-bond donors (Lipinski definition) is 0. The topological polar surface area (TPSA) is 17.1 Å². The normalized spacial score (nSPS) is 9.90. The van der Waals surface area contributed by atoms with Crippen LogP contribution in [0.3, 0.4) is 0 Å². The standard InChI is InChI=1S/C7H7ClOS/c1-4(9)6-3-7(8)10-5(6)2/h3H,1-2H3. The van der Waals surface area contributed by atoms with Crippen LogP contribution in [-0.4, -0.2) is 5.78 Å². The molecule has 0 saturated carbocycles. The molecule has 1 rings (SSSR count). The largest absolute Gasteiger partial charge is 0.294 e. The summed E-state index contributed by atoms with van der Waals surface area (Å²) in [7, 11) is 0. The Morgan fingerprint density at radius 3 is 2.50 bits per heavy atom. The number of ketones is 1. The minimum absolute atomic E-state index is 0.0839. The lowest BCUT2D eigenvalue weighted by Crippen LogP contribution is -1.89. The number of hydrogen-bond acceptors (Lipinski definition) is 2. The number of thiophene rings is 1. The fourth-order valence-electron chi connectivity index (χ4n) is 0.795. The second kappa shape index (κ2) is 2.72. The van der Waals surface area contributed by atoms with Gasteiger partial charge in [-0.15, -0.1) is 11.3 Å². The van der Waals surface area contributed by atoms with E-state index in [0.29, 0.717) is 4.34 Å². The summed E-state index contributed by atoms with van der Waals surface area (Å²) in [6.07, 6.45) is 0. The van der Waals surface area contributed by atoms with E-state index >= 15 is 0 Å². The van der Waals surface area contributed by atoms with Gasteiger partial charge in [-0.25, -0.2) is 0 Å². The average Bonchev–Trinajstić information content (AvgIpc) is 2.10. The van der Waals surface area contributed by atoms with Gasteiger partial charge in [0.05, 0.1) is 4.34 Å². The van der Waals surface area contributed by atoms with Crippen LogP contribution in [0.4, 0.5) is 0 Å². The fraction of sp³-hybridized carbons (Fsp3) is 0.286. The third-order valence-electron chi connectivity index (χ3n) is 1.27. The summed E-state index contributed by atoms with van der Waals surface area (Å²) in [4.78, 5) is 11.8. The molecule has 0 saturated heterocycles. The number of Topliss-reactive ketones (excluding diaryl/α,β-unsaturated/α-hetero) is 1. The Kier molecular flexibility index (Phi) is 2.11. The van der Waals surface area contributed by atoms with Gasteiger partial charge in [0.25, 0.3) is 0 Å². The number of carbonyl (C=O) groups excluding carboxylic acids is 1. The number of aryl methyl sites for hydroxylation is 1. The van der Waals surface area contributed by atoms with Crippen molar-refractivity contribution in [3.63, 3.8) is 0 Å². The van der Waals surface area contributed by atoms with Gasteiger partial charge >= 0.3 is 0 Å². The number of carbonyl (C=O) groups is 1. The molecule has 0 aromatic carbocycles. The van der Waals surface area contributed by atoms with Crippen LogP contribution in [0.15, 0.2) is 6.07 Å². The van der Waals surface area contributed by atoms with Gasteiger partial charge in [-0.1, -0.05) is 11.6 Å². The van der Waals surface area contributed by atoms with Gasteiger partial charge in [-0.05, 0) is 19.9 Å². The minimum atomic E-state index is 0.0839. The zero-order valence-electron chi connectivity index (χ0n) is 5.77. The van der Waals surface area contributed by atoms with Gasteiger partial charge in [0.15, 0.2) is 5.78 Å². The van der Waals surface area contributed by atoms with Crippen molar-refractivity contribution in [2.24, 2.45) is 0 Å². The first kappa shape index (κ1) is 7.76. The van der Waals surface area contributed by atoms with Crippen LogP contribution in [0.1, 0.15) is 22.2 Å². The van der Waals surface area contributed by atoms with E-state index in [1.807, 2.05) is 6.92 Å². The lowest BCUT2D eigenvalue weighted by atomic mass is 10.2. The highest BCUT2D eigenvalue weighted by molar-refractivity contribution is 7.16. The Bertz CT molecular complexity index is 265. The Balaban J connectivity index is 3.15. The van der Waals surface area contributed by atoms with Crippen molar-refractivity contribution >= 4 is 28.7 Å². The third-order valence-corrected chi connectivity index (χ3v) is 2.45. The molecule has 1 nitrogen and oxygen atoms in total. The van der Waals surface area contributed by atoms with E-state index in [2.05, 4.69) is 0 Å². The van der Waals surface area contributed by atoms with Gasteiger partial charge in [0.1, 0.15) is 0 Å². The summed E-state index contributed by atoms with van der Waals surface area (Å²) in [5, 5.41) is 0. The maximum atomic E-state index is 10.8. The van der Waals surface area contributed by atoms with Crippen LogP contribution < -0.4 is 0 Å². The maximum Gasteiger partial charge on any atom is 0.160 e. The molecule has 0 radical (unpaired) electrons. The summed E-state index contributed by atoms with van der Waals surface area (Å²) in [6.45, 7) is 3.44. The average molecular weight is 175 g/mol. The third kappa shape index (κ3) is 1.39. The van der Waals surface area contributed by atoms with Gasteiger partial charge in [-0.3, -0.25) is 4.79 Å². The SMILES string of the molecule is CC(=O)c1cc(Cl)sc1C. The fourth-order valence-corrected chi connectivity index (χ4v) is 2.03. The Labute approximate surface area is 68.6 Å². The Hall–Kier alpha value is -0.340. The first-order valence-electron chi connectivity index (χ1n) is 2.88. The molecule has 0 aliphatic rings. The lowest BCUT2D eigenvalue weighted by Gasteiger charge is -1.87. The molecule has 54 valence electrons. The van der Waals surface area contributed by atoms with Crippen LogP contribution >= 0.6 is 22.9 Å². The van der Waals surface area contributed by atoms with Crippen LogP contribution in [0, 0.1) is 6.92 Å². The quantitative estimate of drug-likeness (QED) is 0.599. The van der Waals surface area contributed by atoms with E-state index in [4.69, 9.17) is 11.6 Å². The highest BCUT2D eigenvalue weighted by Gasteiger charge is 2.06. The molecule has 0 amide bonds. The molecule has 0 aliphatic heterocycles. The van der Waals surface area contributed by atoms with Crippen molar-refractivity contribution in [3.05, 3.63) is 20.8 Å². The van der Waals surface area contributed by atoms with Gasteiger partial charge in [0, 0.05) is 10.4 Å². The molecular weight excluding hydrogens is 168 g/mol. The first-order valence-corrected chi connectivity index (χ1v) is 4.07. The second-order valence-electron chi connectivity index (χ2n) is 2.08. The van der Waals surface area contributed by atoms with Crippen molar-refractivity contribution in [2.45, 2.75) is 13.8 Å². The summed E-state index contributed by atoms with van der Waals surface area (Å²) in [5.41, 5.74) is 0.745. The zero-order chi connectivity index (χ0) is 7.72. The maximum absolute atomic E-state index is 10.8.